The largest absolute Gasteiger partial charge is 0.483 e. The van der Waals surface area contributed by atoms with E-state index in [4.69, 9.17) is 9.47 Å². The summed E-state index contributed by atoms with van der Waals surface area (Å²) in [5.74, 6) is 1.55. The van der Waals surface area contributed by atoms with E-state index in [-0.39, 0.29) is 18.3 Å². The van der Waals surface area contributed by atoms with Gasteiger partial charge in [-0.15, -0.1) is 0 Å². The summed E-state index contributed by atoms with van der Waals surface area (Å²) in [6, 6.07) is 0. The zero-order valence-corrected chi connectivity index (χ0v) is 9.44. The number of aliphatic hydroxyl groups excluding tert-OH is 3. The topological polar surface area (TPSA) is 99.5 Å². The van der Waals surface area contributed by atoms with E-state index in [2.05, 4.69) is 0 Å². The Morgan fingerprint density at radius 1 is 1.24 bits per heavy atom. The Labute approximate surface area is 98.5 Å². The SMILES string of the molecule is CC1CC(O)C2OC2C(O)C(O)CC(=C=O)O1. The highest BCUT2D eigenvalue weighted by atomic mass is 16.6. The first-order valence-corrected chi connectivity index (χ1v) is 5.63. The van der Waals surface area contributed by atoms with Gasteiger partial charge in [-0.2, -0.15) is 0 Å². The van der Waals surface area contributed by atoms with E-state index in [1.54, 1.807) is 12.9 Å². The predicted octanol–water partition coefficient (Wildman–Crippen LogP) is -1.25. The number of hydrogen-bond acceptors (Lipinski definition) is 6. The van der Waals surface area contributed by atoms with Crippen LogP contribution in [0.2, 0.25) is 0 Å². The predicted molar refractivity (Wildman–Crippen MR) is 55.7 cm³/mol. The lowest BCUT2D eigenvalue weighted by atomic mass is 9.99. The van der Waals surface area contributed by atoms with Crippen molar-refractivity contribution in [2.75, 3.05) is 0 Å². The minimum atomic E-state index is -1.15. The van der Waals surface area contributed by atoms with E-state index in [1.807, 2.05) is 0 Å². The van der Waals surface area contributed by atoms with Crippen molar-refractivity contribution in [3.05, 3.63) is 5.76 Å². The highest BCUT2D eigenvalue weighted by molar-refractivity contribution is 5.49. The van der Waals surface area contributed by atoms with Crippen LogP contribution in [-0.4, -0.2) is 57.9 Å². The van der Waals surface area contributed by atoms with Crippen LogP contribution < -0.4 is 0 Å². The van der Waals surface area contributed by atoms with Gasteiger partial charge in [0.2, 0.25) is 0 Å². The molecule has 17 heavy (non-hydrogen) atoms. The number of aliphatic hydroxyl groups is 3. The van der Waals surface area contributed by atoms with Gasteiger partial charge < -0.3 is 24.8 Å². The molecule has 2 heterocycles. The molecule has 0 bridgehead atoms. The quantitative estimate of drug-likeness (QED) is 0.364. The molecule has 0 aromatic carbocycles. The smallest absolute Gasteiger partial charge is 0.182 e. The van der Waals surface area contributed by atoms with Crippen LogP contribution in [0.4, 0.5) is 0 Å². The molecule has 0 aromatic heterocycles. The molecule has 6 nitrogen and oxygen atoms in total. The normalized spacial score (nSPS) is 46.5. The second kappa shape index (κ2) is 4.76. The van der Waals surface area contributed by atoms with E-state index in [9.17, 15) is 20.1 Å². The van der Waals surface area contributed by atoms with Gasteiger partial charge >= 0.3 is 0 Å². The van der Waals surface area contributed by atoms with Crippen LogP contribution in [0.15, 0.2) is 5.76 Å². The zero-order valence-electron chi connectivity index (χ0n) is 9.44. The minimum absolute atomic E-state index is 0.0460. The fraction of sp³-hybridized carbons (Fsp3) is 0.818. The fourth-order valence-corrected chi connectivity index (χ4v) is 2.13. The maximum Gasteiger partial charge on any atom is 0.182 e. The van der Waals surface area contributed by atoms with Crippen molar-refractivity contribution in [3.8, 4) is 0 Å². The van der Waals surface area contributed by atoms with Crippen molar-refractivity contribution < 1.29 is 29.6 Å². The van der Waals surface area contributed by atoms with E-state index >= 15 is 0 Å². The van der Waals surface area contributed by atoms with Crippen molar-refractivity contribution in [2.45, 2.75) is 56.4 Å². The second-order valence-corrected chi connectivity index (χ2v) is 4.58. The Bertz CT molecular complexity index is 337. The van der Waals surface area contributed by atoms with Crippen molar-refractivity contribution in [1.29, 1.82) is 0 Å². The van der Waals surface area contributed by atoms with E-state index in [1.165, 1.54) is 0 Å². The Kier molecular flexibility index (Phi) is 3.51. The van der Waals surface area contributed by atoms with Gasteiger partial charge in [0.1, 0.15) is 18.3 Å². The second-order valence-electron chi connectivity index (χ2n) is 4.58. The first-order chi connectivity index (χ1) is 8.02. The van der Waals surface area contributed by atoms with Crippen LogP contribution in [-0.2, 0) is 14.3 Å². The van der Waals surface area contributed by atoms with Crippen LogP contribution in [0.1, 0.15) is 19.8 Å². The van der Waals surface area contributed by atoms with Gasteiger partial charge in [0.25, 0.3) is 0 Å². The van der Waals surface area contributed by atoms with Crippen LogP contribution >= 0.6 is 0 Å². The Morgan fingerprint density at radius 2 is 1.94 bits per heavy atom. The van der Waals surface area contributed by atoms with Gasteiger partial charge in [0, 0.05) is 12.8 Å². The van der Waals surface area contributed by atoms with Crippen molar-refractivity contribution in [2.24, 2.45) is 0 Å². The lowest BCUT2D eigenvalue weighted by Crippen LogP contribution is -2.37. The first kappa shape index (κ1) is 12.5. The molecule has 2 aliphatic heterocycles. The Balaban J connectivity index is 2.13. The molecule has 2 aliphatic rings. The molecule has 2 saturated heterocycles. The molecule has 0 radical (unpaired) electrons. The molecular weight excluding hydrogens is 228 g/mol. The van der Waals surface area contributed by atoms with Gasteiger partial charge in [-0.1, -0.05) is 0 Å². The van der Waals surface area contributed by atoms with Crippen molar-refractivity contribution in [3.63, 3.8) is 0 Å². The van der Waals surface area contributed by atoms with Gasteiger partial charge in [-0.3, -0.25) is 0 Å². The summed E-state index contributed by atoms with van der Waals surface area (Å²) in [5, 5.41) is 29.2. The summed E-state index contributed by atoms with van der Waals surface area (Å²) in [6.45, 7) is 1.71. The summed E-state index contributed by atoms with van der Waals surface area (Å²) < 4.78 is 10.4. The number of rotatable bonds is 0. The fourth-order valence-electron chi connectivity index (χ4n) is 2.13. The molecule has 0 aromatic rings. The summed E-state index contributed by atoms with van der Waals surface area (Å²) in [7, 11) is 0. The molecule has 0 spiro atoms. The Hall–Kier alpha value is -0.910. The highest BCUT2D eigenvalue weighted by Crippen LogP contribution is 2.34. The Morgan fingerprint density at radius 3 is 2.59 bits per heavy atom. The average Bonchev–Trinajstić information content (AvgIpc) is 3.05. The molecule has 96 valence electrons. The molecule has 6 heteroatoms. The lowest BCUT2D eigenvalue weighted by molar-refractivity contribution is -0.0144. The van der Waals surface area contributed by atoms with Crippen LogP contribution in [0.5, 0.6) is 0 Å². The molecule has 2 fully saturated rings. The molecule has 0 saturated carbocycles. The van der Waals surface area contributed by atoms with E-state index < -0.39 is 30.5 Å². The van der Waals surface area contributed by atoms with Gasteiger partial charge in [-0.05, 0) is 6.92 Å². The lowest BCUT2D eigenvalue weighted by Gasteiger charge is -2.23. The summed E-state index contributed by atoms with van der Waals surface area (Å²) in [6.07, 6.45) is -4.26. The van der Waals surface area contributed by atoms with Gasteiger partial charge in [-0.25, -0.2) is 4.79 Å². The molecule has 2 rings (SSSR count). The summed E-state index contributed by atoms with van der Waals surface area (Å²) in [5.41, 5.74) is 0. The van der Waals surface area contributed by atoms with Crippen molar-refractivity contribution >= 4 is 5.94 Å². The van der Waals surface area contributed by atoms with Crippen LogP contribution in [0, 0.1) is 0 Å². The van der Waals surface area contributed by atoms with E-state index in [0.717, 1.165) is 0 Å². The van der Waals surface area contributed by atoms with Gasteiger partial charge in [0.15, 0.2) is 11.7 Å². The number of hydrogen-bond donors (Lipinski definition) is 3. The third kappa shape index (κ3) is 2.68. The van der Waals surface area contributed by atoms with Crippen molar-refractivity contribution in [1.82, 2.24) is 0 Å². The highest BCUT2D eigenvalue weighted by Gasteiger charge is 2.51. The van der Waals surface area contributed by atoms with Crippen LogP contribution in [0.3, 0.4) is 0 Å². The monoisotopic (exact) mass is 244 g/mol. The van der Waals surface area contributed by atoms with Gasteiger partial charge in [0.05, 0.1) is 18.3 Å². The average molecular weight is 244 g/mol. The molecule has 6 atom stereocenters. The number of carbonyl (C=O) groups excluding carboxylic acids is 1. The molecule has 6 unspecified atom stereocenters. The third-order valence-corrected chi connectivity index (χ3v) is 3.10. The summed E-state index contributed by atoms with van der Waals surface area (Å²) in [4.78, 5) is 10.6. The summed E-state index contributed by atoms with van der Waals surface area (Å²) >= 11 is 0. The molecule has 3 N–H and O–H groups in total. The van der Waals surface area contributed by atoms with Crippen LogP contribution in [0.25, 0.3) is 0 Å². The third-order valence-electron chi connectivity index (χ3n) is 3.10. The zero-order chi connectivity index (χ0) is 12.6. The number of fused-ring (bicyclic) bond motifs is 1. The first-order valence-electron chi connectivity index (χ1n) is 5.63. The standard InChI is InChI=1S/C11H16O6/c1-5-2-8(14)10-11(17-10)9(15)7(13)3-6(4-12)16-5/h5,7-11,13-15H,2-3H2,1H3. The van der Waals surface area contributed by atoms with E-state index in [0.29, 0.717) is 6.42 Å². The maximum absolute atomic E-state index is 10.6. The molecular formula is C11H16O6. The molecule has 0 amide bonds. The molecule has 0 aliphatic carbocycles. The minimum Gasteiger partial charge on any atom is -0.483 e. The number of ether oxygens (including phenoxy) is 2. The maximum atomic E-state index is 10.6. The number of epoxide rings is 1.